The van der Waals surface area contributed by atoms with Crippen LogP contribution in [0.5, 0.6) is 0 Å². The molecule has 0 radical (unpaired) electrons. The van der Waals surface area contributed by atoms with E-state index in [0.717, 1.165) is 11.3 Å². The van der Waals surface area contributed by atoms with E-state index in [2.05, 4.69) is 10.0 Å². The molecule has 0 spiro atoms. The first-order chi connectivity index (χ1) is 15.4. The van der Waals surface area contributed by atoms with Crippen molar-refractivity contribution in [3.63, 3.8) is 0 Å². The van der Waals surface area contributed by atoms with Crippen molar-refractivity contribution in [2.24, 2.45) is 10.6 Å². The van der Waals surface area contributed by atoms with E-state index in [-0.39, 0.29) is 5.91 Å². The Bertz CT molecular complexity index is 1070. The minimum atomic E-state index is -3.99. The maximum absolute atomic E-state index is 13.2. The minimum Gasteiger partial charge on any atom is -0.456 e. The molecular formula is C23H38N4O5S2. The average molecular weight is 515 g/mol. The van der Waals surface area contributed by atoms with Gasteiger partial charge in [0.25, 0.3) is 10.2 Å². The van der Waals surface area contributed by atoms with Crippen LogP contribution in [0.15, 0.2) is 0 Å². The summed E-state index contributed by atoms with van der Waals surface area (Å²) in [5.74, 6) is 0.0143. The Balaban J connectivity index is 2.79. The van der Waals surface area contributed by atoms with Gasteiger partial charge in [-0.3, -0.25) is 4.79 Å². The Morgan fingerprint density at radius 2 is 1.74 bits per heavy atom. The number of hydrogen-bond acceptors (Lipinski definition) is 7. The van der Waals surface area contributed by atoms with Crippen LogP contribution in [-0.4, -0.2) is 50.6 Å². The fourth-order valence-electron chi connectivity index (χ4n) is 3.93. The minimum absolute atomic E-state index is 0.218. The SMILES string of the molecule is CSCCN1c2c(c(C)c(C(=O)OC(C)(C)C)c(C)c2NC(=O)C(C)(C)C)CC1NS(N)(=O)=O. The van der Waals surface area contributed by atoms with E-state index in [9.17, 15) is 18.0 Å². The highest BCUT2D eigenvalue weighted by Gasteiger charge is 2.39. The summed E-state index contributed by atoms with van der Waals surface area (Å²) in [6.45, 7) is 14.9. The van der Waals surface area contributed by atoms with Crippen LogP contribution < -0.4 is 20.1 Å². The molecule has 0 saturated carbocycles. The van der Waals surface area contributed by atoms with E-state index in [1.807, 2.05) is 18.1 Å². The van der Waals surface area contributed by atoms with Crippen LogP contribution in [0.1, 0.15) is 68.6 Å². The van der Waals surface area contributed by atoms with Crippen LogP contribution >= 0.6 is 11.8 Å². The highest BCUT2D eigenvalue weighted by molar-refractivity contribution is 7.98. The molecule has 9 nitrogen and oxygen atoms in total. The molecule has 1 unspecified atom stereocenters. The van der Waals surface area contributed by atoms with Gasteiger partial charge >= 0.3 is 5.97 Å². The molecular weight excluding hydrogens is 476 g/mol. The van der Waals surface area contributed by atoms with Crippen LogP contribution in [0.2, 0.25) is 0 Å². The fraction of sp³-hybridized carbons (Fsp3) is 0.652. The number of anilines is 2. The van der Waals surface area contributed by atoms with Gasteiger partial charge in [-0.2, -0.15) is 24.9 Å². The summed E-state index contributed by atoms with van der Waals surface area (Å²) in [5, 5.41) is 8.34. The number of esters is 1. The second-order valence-corrected chi connectivity index (χ2v) is 12.9. The van der Waals surface area contributed by atoms with E-state index in [1.165, 1.54) is 0 Å². The number of nitrogens with one attached hydrogen (secondary N) is 2. The van der Waals surface area contributed by atoms with E-state index in [1.54, 1.807) is 60.2 Å². The van der Waals surface area contributed by atoms with Gasteiger partial charge in [0.15, 0.2) is 0 Å². The molecule has 1 amide bonds. The van der Waals surface area contributed by atoms with Crippen LogP contribution in [0.25, 0.3) is 0 Å². The average Bonchev–Trinajstić information content (AvgIpc) is 2.97. The Morgan fingerprint density at radius 3 is 2.21 bits per heavy atom. The van der Waals surface area contributed by atoms with Crippen molar-refractivity contribution >= 4 is 45.2 Å². The van der Waals surface area contributed by atoms with E-state index >= 15 is 0 Å². The van der Waals surface area contributed by atoms with Crippen LogP contribution in [0.4, 0.5) is 11.4 Å². The normalized spacial score (nSPS) is 16.4. The number of amides is 1. The van der Waals surface area contributed by atoms with Gasteiger partial charge in [-0.1, -0.05) is 20.8 Å². The van der Waals surface area contributed by atoms with E-state index in [0.29, 0.717) is 41.0 Å². The third-order valence-electron chi connectivity index (χ3n) is 5.52. The number of carbonyl (C=O) groups excluding carboxylic acids is 2. The van der Waals surface area contributed by atoms with Crippen LogP contribution in [-0.2, 0) is 26.2 Å². The zero-order chi connectivity index (χ0) is 26.2. The van der Waals surface area contributed by atoms with Crippen molar-refractivity contribution in [1.82, 2.24) is 4.72 Å². The zero-order valence-corrected chi connectivity index (χ0v) is 23.2. The molecule has 1 heterocycles. The molecule has 0 aliphatic carbocycles. The lowest BCUT2D eigenvalue weighted by Gasteiger charge is -2.31. The second kappa shape index (κ2) is 10.0. The number of ether oxygens (including phenoxy) is 1. The summed E-state index contributed by atoms with van der Waals surface area (Å²) in [4.78, 5) is 28.2. The highest BCUT2D eigenvalue weighted by atomic mass is 32.2. The maximum Gasteiger partial charge on any atom is 0.339 e. The fourth-order valence-corrected chi connectivity index (χ4v) is 4.90. The Morgan fingerprint density at radius 1 is 1.15 bits per heavy atom. The second-order valence-electron chi connectivity index (χ2n) is 10.6. The molecule has 0 bridgehead atoms. The van der Waals surface area contributed by atoms with Crippen molar-refractivity contribution < 1.29 is 22.7 Å². The number of benzene rings is 1. The van der Waals surface area contributed by atoms with Gasteiger partial charge in [-0.05, 0) is 57.6 Å². The summed E-state index contributed by atoms with van der Waals surface area (Å²) in [6, 6.07) is 0. The van der Waals surface area contributed by atoms with Gasteiger partial charge in [0, 0.05) is 24.1 Å². The smallest absolute Gasteiger partial charge is 0.339 e. The molecule has 0 fully saturated rings. The van der Waals surface area contributed by atoms with Crippen molar-refractivity contribution in [3.8, 4) is 0 Å². The Hall–Kier alpha value is -1.82. The number of nitrogens with two attached hydrogens (primary N) is 1. The molecule has 34 heavy (non-hydrogen) atoms. The maximum atomic E-state index is 13.2. The predicted octanol–water partition coefficient (Wildman–Crippen LogP) is 3.09. The monoisotopic (exact) mass is 514 g/mol. The van der Waals surface area contributed by atoms with Gasteiger partial charge in [0.05, 0.1) is 23.1 Å². The van der Waals surface area contributed by atoms with Gasteiger partial charge < -0.3 is 15.0 Å². The molecule has 1 aliphatic heterocycles. The van der Waals surface area contributed by atoms with Gasteiger partial charge in [-0.25, -0.2) is 9.93 Å². The van der Waals surface area contributed by atoms with Crippen molar-refractivity contribution in [2.75, 3.05) is 28.8 Å². The lowest BCUT2D eigenvalue weighted by molar-refractivity contribution is -0.123. The standard InChI is InChI=1S/C23H38N4O5S2/c1-13-15-12-16(26-34(24,30)31)27(10-11-33-9)19(15)18(25-21(29)22(3,4)5)14(2)17(13)20(28)32-23(6,7)8/h16,26H,10-12H2,1-9H3,(H,25,29)(H2,24,30,31). The van der Waals surface area contributed by atoms with Crippen LogP contribution in [0, 0.1) is 19.3 Å². The van der Waals surface area contributed by atoms with Gasteiger partial charge in [0.2, 0.25) is 5.91 Å². The first kappa shape index (κ1) is 28.4. The number of nitrogens with zero attached hydrogens (tertiary/aromatic N) is 1. The molecule has 1 aromatic rings. The third kappa shape index (κ3) is 6.65. The summed E-state index contributed by atoms with van der Waals surface area (Å²) < 4.78 is 32.0. The molecule has 0 saturated heterocycles. The summed E-state index contributed by atoms with van der Waals surface area (Å²) in [6.07, 6.45) is 1.61. The predicted molar refractivity (Wildman–Crippen MR) is 139 cm³/mol. The molecule has 4 N–H and O–H groups in total. The number of fused-ring (bicyclic) bond motifs is 1. The lowest BCUT2D eigenvalue weighted by atomic mass is 9.91. The van der Waals surface area contributed by atoms with Gasteiger partial charge in [0.1, 0.15) is 5.60 Å². The molecule has 1 aliphatic rings. The number of rotatable bonds is 7. The molecule has 11 heteroatoms. The molecule has 1 atom stereocenters. The topological polar surface area (TPSA) is 131 Å². The first-order valence-corrected chi connectivity index (χ1v) is 14.1. The van der Waals surface area contributed by atoms with Crippen molar-refractivity contribution in [3.05, 3.63) is 22.3 Å². The molecule has 2 rings (SSSR count). The number of hydrogen-bond donors (Lipinski definition) is 3. The first-order valence-electron chi connectivity index (χ1n) is 11.1. The zero-order valence-electron chi connectivity index (χ0n) is 21.6. The van der Waals surface area contributed by atoms with Crippen molar-refractivity contribution in [2.45, 2.75) is 73.6 Å². The number of thioether (sulfide) groups is 1. The highest BCUT2D eigenvalue weighted by Crippen LogP contribution is 2.45. The van der Waals surface area contributed by atoms with Crippen molar-refractivity contribution in [1.29, 1.82) is 0 Å². The Kier molecular flexibility index (Phi) is 8.39. The van der Waals surface area contributed by atoms with E-state index < -0.39 is 33.4 Å². The molecule has 192 valence electrons. The third-order valence-corrected chi connectivity index (χ3v) is 6.71. The molecule has 1 aromatic carbocycles. The Labute approximate surface area is 207 Å². The number of carbonyl (C=O) groups is 2. The summed E-state index contributed by atoms with van der Waals surface area (Å²) in [7, 11) is -3.99. The quantitative estimate of drug-likeness (QED) is 0.477. The lowest BCUT2D eigenvalue weighted by Crippen LogP contribution is -2.49. The van der Waals surface area contributed by atoms with Gasteiger partial charge in [-0.15, -0.1) is 0 Å². The largest absolute Gasteiger partial charge is 0.456 e. The van der Waals surface area contributed by atoms with Crippen LogP contribution in [0.3, 0.4) is 0 Å². The van der Waals surface area contributed by atoms with E-state index in [4.69, 9.17) is 9.88 Å². The molecule has 0 aromatic heterocycles. The summed E-state index contributed by atoms with van der Waals surface area (Å²) in [5.41, 5.74) is 2.23. The summed E-state index contributed by atoms with van der Waals surface area (Å²) >= 11 is 1.62.